The van der Waals surface area contributed by atoms with E-state index in [0.29, 0.717) is 0 Å². The van der Waals surface area contributed by atoms with E-state index < -0.39 is 64.2 Å². The molecule has 0 unspecified atom stereocenters. The third-order valence-corrected chi connectivity index (χ3v) is 7.62. The van der Waals surface area contributed by atoms with Gasteiger partial charge in [0.15, 0.2) is 0 Å². The highest BCUT2D eigenvalue weighted by atomic mass is 79.9. The van der Waals surface area contributed by atoms with E-state index in [9.17, 15) is 53.1 Å². The van der Waals surface area contributed by atoms with E-state index in [-0.39, 0.29) is 42.8 Å². The summed E-state index contributed by atoms with van der Waals surface area (Å²) < 4.78 is 129. The van der Waals surface area contributed by atoms with Crippen LogP contribution in [0.2, 0.25) is 0 Å². The fourth-order valence-corrected chi connectivity index (χ4v) is 5.52. The lowest BCUT2D eigenvalue weighted by atomic mass is 10.0. The minimum Gasteiger partial charge on any atom is -0.349 e. The SMILES string of the molecule is Cc1cc(Cn2nc(C(F)(F)C(F)(F)F)nc2C(F)(F)F)ccc1NC(=O)c1cccc(Br)c1C(=O)N[C@@H](C)CS(C)(=O)=O. The van der Waals surface area contributed by atoms with Crippen molar-refractivity contribution < 1.29 is 53.1 Å². The van der Waals surface area contributed by atoms with Gasteiger partial charge in [-0.2, -0.15) is 35.1 Å². The first-order chi connectivity index (χ1) is 20.0. The Morgan fingerprint density at radius 3 is 2.20 bits per heavy atom. The van der Waals surface area contributed by atoms with Crippen molar-refractivity contribution in [1.82, 2.24) is 20.1 Å². The normalized spacial score (nSPS) is 13.5. The Balaban J connectivity index is 1.87. The molecule has 0 spiro atoms. The summed E-state index contributed by atoms with van der Waals surface area (Å²) >= 11 is 3.19. The van der Waals surface area contributed by atoms with Gasteiger partial charge in [-0.05, 0) is 59.1 Å². The van der Waals surface area contributed by atoms with Crippen molar-refractivity contribution in [3.63, 3.8) is 0 Å². The molecule has 44 heavy (non-hydrogen) atoms. The predicted molar refractivity (Wildman–Crippen MR) is 144 cm³/mol. The van der Waals surface area contributed by atoms with E-state index in [1.807, 2.05) is 0 Å². The first-order valence-electron chi connectivity index (χ1n) is 12.2. The van der Waals surface area contributed by atoms with Crippen molar-refractivity contribution in [3.8, 4) is 0 Å². The van der Waals surface area contributed by atoms with Gasteiger partial charge in [0.1, 0.15) is 9.84 Å². The molecular weight excluding hydrogens is 698 g/mol. The number of hydrogen-bond donors (Lipinski definition) is 2. The minimum atomic E-state index is -6.23. The number of benzene rings is 2. The molecule has 0 saturated carbocycles. The van der Waals surface area contributed by atoms with Gasteiger partial charge < -0.3 is 10.6 Å². The van der Waals surface area contributed by atoms with Gasteiger partial charge >= 0.3 is 18.3 Å². The largest absolute Gasteiger partial charge is 0.461 e. The quantitative estimate of drug-likeness (QED) is 0.282. The molecule has 2 N–H and O–H groups in total. The Kier molecular flexibility index (Phi) is 9.84. The summed E-state index contributed by atoms with van der Waals surface area (Å²) in [7, 11) is -3.43. The highest BCUT2D eigenvalue weighted by Gasteiger charge is 2.62. The molecule has 19 heteroatoms. The second kappa shape index (κ2) is 12.4. The van der Waals surface area contributed by atoms with Crippen molar-refractivity contribution in [2.75, 3.05) is 17.3 Å². The number of amides is 2. The maximum atomic E-state index is 13.7. The molecular formula is C25H22BrF8N5O4S. The second-order valence-electron chi connectivity index (χ2n) is 9.72. The molecule has 0 bridgehead atoms. The lowest BCUT2D eigenvalue weighted by Gasteiger charge is -2.17. The molecule has 9 nitrogen and oxygen atoms in total. The van der Waals surface area contributed by atoms with E-state index in [1.165, 1.54) is 50.2 Å². The van der Waals surface area contributed by atoms with Crippen LogP contribution in [0.1, 0.15) is 50.4 Å². The molecule has 0 aliphatic rings. The Bertz CT molecular complexity index is 1690. The highest BCUT2D eigenvalue weighted by molar-refractivity contribution is 9.10. The van der Waals surface area contributed by atoms with E-state index in [4.69, 9.17) is 0 Å². The summed E-state index contributed by atoms with van der Waals surface area (Å²) in [5.74, 6) is -12.1. The Morgan fingerprint density at radius 1 is 1.02 bits per heavy atom. The predicted octanol–water partition coefficient (Wildman–Crippen LogP) is 5.49. The molecule has 0 aliphatic carbocycles. The van der Waals surface area contributed by atoms with Gasteiger partial charge in [-0.3, -0.25) is 9.59 Å². The number of alkyl halides is 8. The number of aryl methyl sites for hydroxylation is 1. The number of carbonyl (C=O) groups is 2. The maximum absolute atomic E-state index is 13.7. The van der Waals surface area contributed by atoms with Crippen LogP contribution in [0.25, 0.3) is 0 Å². The van der Waals surface area contributed by atoms with Crippen molar-refractivity contribution in [1.29, 1.82) is 0 Å². The summed E-state index contributed by atoms with van der Waals surface area (Å²) in [6, 6.07) is 7.10. The smallest absolute Gasteiger partial charge is 0.349 e. The topological polar surface area (TPSA) is 123 Å². The molecule has 0 aliphatic heterocycles. The summed E-state index contributed by atoms with van der Waals surface area (Å²) in [4.78, 5) is 28.5. The number of halogens is 9. The monoisotopic (exact) mass is 719 g/mol. The number of nitrogens with zero attached hydrogens (tertiary/aromatic N) is 3. The number of aromatic nitrogens is 3. The Morgan fingerprint density at radius 2 is 1.66 bits per heavy atom. The fraction of sp³-hybridized carbons (Fsp3) is 0.360. The number of anilines is 1. The zero-order valence-corrected chi connectivity index (χ0v) is 25.1. The number of carbonyl (C=O) groups excluding carboxylic acids is 2. The third-order valence-electron chi connectivity index (χ3n) is 5.85. The van der Waals surface area contributed by atoms with Crippen LogP contribution in [0, 0.1) is 6.92 Å². The summed E-state index contributed by atoms with van der Waals surface area (Å²) in [6.45, 7) is 1.99. The van der Waals surface area contributed by atoms with E-state index in [0.717, 1.165) is 6.26 Å². The van der Waals surface area contributed by atoms with Crippen molar-refractivity contribution >= 4 is 43.3 Å². The zero-order chi connectivity index (χ0) is 33.4. The molecule has 0 radical (unpaired) electrons. The van der Waals surface area contributed by atoms with Gasteiger partial charge in [-0.1, -0.05) is 18.2 Å². The average Bonchev–Trinajstić information content (AvgIpc) is 3.28. The van der Waals surface area contributed by atoms with Gasteiger partial charge in [0.25, 0.3) is 11.8 Å². The third kappa shape index (κ3) is 8.10. The summed E-state index contributed by atoms with van der Waals surface area (Å²) in [5, 5.41) is 7.83. The summed E-state index contributed by atoms with van der Waals surface area (Å²) in [5.41, 5.74) is 0.113. The average molecular weight is 720 g/mol. The van der Waals surface area contributed by atoms with Crippen LogP contribution in [0.4, 0.5) is 40.8 Å². The van der Waals surface area contributed by atoms with Crippen LogP contribution < -0.4 is 10.6 Å². The standard InChI is InChI=1S/C25H22BrF8N5O4S/c1-12-9-14(10-39-22(24(29,30)31)37-21(38-39)23(27,28)25(32,33)34)7-8-17(12)36-19(40)15-5-4-6-16(26)18(15)20(41)35-13(2)11-44(3,42)43/h4-9,13H,10-11H2,1-3H3,(H,35,41)(H,36,40)/t13-/m0/s1. The summed E-state index contributed by atoms with van der Waals surface area (Å²) in [6.07, 6.45) is -10.7. The lowest BCUT2D eigenvalue weighted by Crippen LogP contribution is -2.38. The van der Waals surface area contributed by atoms with E-state index in [1.54, 1.807) is 0 Å². The van der Waals surface area contributed by atoms with Crippen LogP contribution in [0.3, 0.4) is 0 Å². The van der Waals surface area contributed by atoms with Crippen molar-refractivity contribution in [2.24, 2.45) is 0 Å². The maximum Gasteiger partial charge on any atom is 0.461 e. The molecule has 1 heterocycles. The molecule has 3 aromatic rings. The zero-order valence-electron chi connectivity index (χ0n) is 22.7. The number of nitrogens with one attached hydrogen (secondary N) is 2. The van der Waals surface area contributed by atoms with Crippen molar-refractivity contribution in [2.45, 2.75) is 44.7 Å². The van der Waals surface area contributed by atoms with E-state index in [2.05, 4.69) is 36.6 Å². The van der Waals surface area contributed by atoms with Gasteiger partial charge in [-0.25, -0.2) is 18.1 Å². The van der Waals surface area contributed by atoms with Gasteiger partial charge in [0.05, 0.1) is 23.4 Å². The van der Waals surface area contributed by atoms with Gasteiger partial charge in [0.2, 0.25) is 11.6 Å². The van der Waals surface area contributed by atoms with Crippen LogP contribution in [0.5, 0.6) is 0 Å². The number of sulfone groups is 1. The molecule has 0 saturated heterocycles. The molecule has 3 rings (SSSR count). The molecule has 1 atom stereocenters. The van der Waals surface area contributed by atoms with Crippen molar-refractivity contribution in [3.05, 3.63) is 74.8 Å². The van der Waals surface area contributed by atoms with Gasteiger partial charge in [-0.15, -0.1) is 5.10 Å². The molecule has 2 amide bonds. The van der Waals surface area contributed by atoms with E-state index >= 15 is 0 Å². The minimum absolute atomic E-state index is 0.0137. The first-order valence-corrected chi connectivity index (χ1v) is 15.0. The van der Waals surface area contributed by atoms with Crippen LogP contribution in [-0.4, -0.2) is 59.2 Å². The molecule has 2 aromatic carbocycles. The van der Waals surface area contributed by atoms with Crippen LogP contribution in [0.15, 0.2) is 40.9 Å². The van der Waals surface area contributed by atoms with Crippen LogP contribution >= 0.6 is 15.9 Å². The number of hydrogen-bond acceptors (Lipinski definition) is 6. The number of rotatable bonds is 9. The molecule has 240 valence electrons. The second-order valence-corrected chi connectivity index (χ2v) is 12.8. The Hall–Kier alpha value is -3.61. The highest BCUT2D eigenvalue weighted by Crippen LogP contribution is 2.43. The van der Waals surface area contributed by atoms with Crippen LogP contribution in [-0.2, 0) is 28.5 Å². The Labute approximate surface area is 253 Å². The molecule has 0 fully saturated rings. The fourth-order valence-electron chi connectivity index (χ4n) is 3.98. The van der Waals surface area contributed by atoms with Gasteiger partial charge in [0, 0.05) is 22.5 Å². The first kappa shape index (κ1) is 34.9. The lowest BCUT2D eigenvalue weighted by molar-refractivity contribution is -0.292. The molecule has 1 aromatic heterocycles.